The van der Waals surface area contributed by atoms with Crippen LogP contribution in [0.3, 0.4) is 0 Å². The summed E-state index contributed by atoms with van der Waals surface area (Å²) < 4.78 is 0. The molecule has 0 rings (SSSR count). The number of allylic oxidation sites excluding steroid dienone is 1. The molecule has 4 nitrogen and oxygen atoms in total. The second-order valence-corrected chi connectivity index (χ2v) is 9.07. The monoisotopic (exact) mass is 439 g/mol. The molecule has 3 N–H and O–H groups in total. The third-order valence-electron chi connectivity index (χ3n) is 6.08. The number of rotatable bonds is 23. The molecule has 4 heteroatoms. The van der Waals surface area contributed by atoms with Crippen molar-refractivity contribution in [3.05, 3.63) is 12.2 Å². The molecule has 1 amide bonds. The largest absolute Gasteiger partial charge is 0.394 e. The lowest BCUT2D eigenvalue weighted by atomic mass is 10.0. The van der Waals surface area contributed by atoms with Crippen molar-refractivity contribution in [3.63, 3.8) is 0 Å². The molecule has 0 saturated carbocycles. The van der Waals surface area contributed by atoms with E-state index in [0.717, 1.165) is 12.8 Å². The van der Waals surface area contributed by atoms with Crippen molar-refractivity contribution in [2.75, 3.05) is 6.61 Å². The fraction of sp³-hybridized carbons (Fsp3) is 0.889. The average Bonchev–Trinajstić information content (AvgIpc) is 2.78. The Labute approximate surface area is 193 Å². The van der Waals surface area contributed by atoms with Crippen LogP contribution < -0.4 is 5.32 Å². The van der Waals surface area contributed by atoms with Gasteiger partial charge in [-0.3, -0.25) is 4.79 Å². The second-order valence-electron chi connectivity index (χ2n) is 9.07. The highest BCUT2D eigenvalue weighted by Crippen LogP contribution is 2.14. The second kappa shape index (κ2) is 23.8. The number of hydrogen-bond acceptors (Lipinski definition) is 3. The zero-order valence-corrected chi connectivity index (χ0v) is 20.8. The maximum absolute atomic E-state index is 11.4. The summed E-state index contributed by atoms with van der Waals surface area (Å²) >= 11 is 0. The minimum absolute atomic E-state index is 0.153. The van der Waals surface area contributed by atoms with Crippen LogP contribution in [0.5, 0.6) is 0 Å². The summed E-state index contributed by atoms with van der Waals surface area (Å²) in [5, 5.41) is 22.0. The number of carbonyl (C=O) groups excluding carboxylic acids is 1. The van der Waals surface area contributed by atoms with Gasteiger partial charge in [-0.15, -0.1) is 0 Å². The Morgan fingerprint density at radius 1 is 0.742 bits per heavy atom. The van der Waals surface area contributed by atoms with Gasteiger partial charge in [-0.1, -0.05) is 129 Å². The number of aliphatic hydroxyl groups excluding tert-OH is 2. The maximum Gasteiger partial charge on any atom is 0.220 e. The summed E-state index contributed by atoms with van der Waals surface area (Å²) in [5.41, 5.74) is 0. The Kier molecular flexibility index (Phi) is 23.1. The maximum atomic E-state index is 11.4. The fourth-order valence-corrected chi connectivity index (χ4v) is 3.90. The lowest BCUT2D eigenvalue weighted by Gasteiger charge is -2.19. The Hall–Kier alpha value is -0.870. The first-order valence-electron chi connectivity index (χ1n) is 13.4. The number of amides is 1. The quantitative estimate of drug-likeness (QED) is 0.121. The van der Waals surface area contributed by atoms with E-state index in [0.29, 0.717) is 6.42 Å². The van der Waals surface area contributed by atoms with Gasteiger partial charge in [0.2, 0.25) is 5.91 Å². The first-order valence-corrected chi connectivity index (χ1v) is 13.4. The van der Waals surface area contributed by atoms with Crippen molar-refractivity contribution in [1.29, 1.82) is 0 Å². The van der Waals surface area contributed by atoms with Crippen molar-refractivity contribution in [1.82, 2.24) is 5.32 Å². The molecular weight excluding hydrogens is 386 g/mol. The van der Waals surface area contributed by atoms with Crippen LogP contribution in [-0.2, 0) is 4.79 Å². The topological polar surface area (TPSA) is 69.6 Å². The minimum atomic E-state index is -0.828. The van der Waals surface area contributed by atoms with E-state index >= 15 is 0 Å². The van der Waals surface area contributed by atoms with Crippen molar-refractivity contribution in [2.45, 2.75) is 148 Å². The Morgan fingerprint density at radius 2 is 1.16 bits per heavy atom. The zero-order valence-electron chi connectivity index (χ0n) is 20.8. The van der Waals surface area contributed by atoms with E-state index in [4.69, 9.17) is 0 Å². The summed E-state index contributed by atoms with van der Waals surface area (Å²) in [6.45, 7) is 3.78. The van der Waals surface area contributed by atoms with E-state index in [1.54, 1.807) is 13.0 Å². The van der Waals surface area contributed by atoms with Crippen LogP contribution in [0.1, 0.15) is 136 Å². The first-order chi connectivity index (χ1) is 15.2. The number of carbonyl (C=O) groups is 1. The van der Waals surface area contributed by atoms with Crippen LogP contribution in [0.25, 0.3) is 0 Å². The summed E-state index contributed by atoms with van der Waals surface area (Å²) in [6, 6.07) is -0.612. The molecular formula is C27H53NO3. The zero-order chi connectivity index (χ0) is 23.0. The van der Waals surface area contributed by atoms with Crippen LogP contribution in [0.2, 0.25) is 0 Å². The van der Waals surface area contributed by atoms with E-state index in [9.17, 15) is 15.0 Å². The fourth-order valence-electron chi connectivity index (χ4n) is 3.90. The molecule has 0 aromatic rings. The molecule has 0 spiro atoms. The molecule has 0 heterocycles. The highest BCUT2D eigenvalue weighted by Gasteiger charge is 2.17. The molecule has 0 aliphatic heterocycles. The molecule has 0 aliphatic carbocycles. The van der Waals surface area contributed by atoms with E-state index in [2.05, 4.69) is 12.2 Å². The molecule has 0 saturated heterocycles. The van der Waals surface area contributed by atoms with E-state index in [1.807, 2.05) is 6.08 Å². The van der Waals surface area contributed by atoms with E-state index in [-0.39, 0.29) is 12.5 Å². The Morgan fingerprint density at radius 3 is 1.55 bits per heavy atom. The number of hydrogen-bond donors (Lipinski definition) is 3. The van der Waals surface area contributed by atoms with Crippen molar-refractivity contribution in [3.8, 4) is 0 Å². The molecule has 2 unspecified atom stereocenters. The van der Waals surface area contributed by atoms with Gasteiger partial charge in [0.15, 0.2) is 0 Å². The highest BCUT2D eigenvalue weighted by molar-refractivity contribution is 5.75. The van der Waals surface area contributed by atoms with Gasteiger partial charge in [-0.05, 0) is 12.8 Å². The van der Waals surface area contributed by atoms with Gasteiger partial charge < -0.3 is 15.5 Å². The number of aliphatic hydroxyl groups is 2. The lowest BCUT2D eigenvalue weighted by Crippen LogP contribution is -2.44. The Balaban J connectivity index is 3.37. The molecule has 0 aromatic carbocycles. The highest BCUT2D eigenvalue weighted by atomic mass is 16.3. The SMILES string of the molecule is CCCCCCCCCCCCCCCCCCC/C=C/C(O)C(CO)NC(=O)CC. The van der Waals surface area contributed by atoms with Gasteiger partial charge >= 0.3 is 0 Å². The van der Waals surface area contributed by atoms with E-state index < -0.39 is 12.1 Å². The van der Waals surface area contributed by atoms with Gasteiger partial charge in [-0.2, -0.15) is 0 Å². The van der Waals surface area contributed by atoms with Crippen LogP contribution in [0.4, 0.5) is 0 Å². The lowest BCUT2D eigenvalue weighted by molar-refractivity contribution is -0.122. The van der Waals surface area contributed by atoms with Gasteiger partial charge in [0.25, 0.3) is 0 Å². The minimum Gasteiger partial charge on any atom is -0.394 e. The van der Waals surface area contributed by atoms with Crippen molar-refractivity contribution >= 4 is 5.91 Å². The van der Waals surface area contributed by atoms with Gasteiger partial charge in [0.1, 0.15) is 0 Å². The van der Waals surface area contributed by atoms with Crippen LogP contribution in [0.15, 0.2) is 12.2 Å². The molecule has 2 atom stereocenters. The molecule has 0 aliphatic rings. The summed E-state index contributed by atoms with van der Waals surface area (Å²) in [5.74, 6) is -0.153. The number of nitrogens with one attached hydrogen (secondary N) is 1. The normalized spacial score (nSPS) is 13.5. The number of unbranched alkanes of at least 4 members (excludes halogenated alkanes) is 17. The van der Waals surface area contributed by atoms with Crippen molar-refractivity contribution in [2.24, 2.45) is 0 Å². The summed E-state index contributed by atoms with van der Waals surface area (Å²) in [7, 11) is 0. The molecule has 0 bridgehead atoms. The van der Waals surface area contributed by atoms with E-state index in [1.165, 1.54) is 103 Å². The average molecular weight is 440 g/mol. The third kappa shape index (κ3) is 20.8. The molecule has 31 heavy (non-hydrogen) atoms. The molecule has 0 radical (unpaired) electrons. The molecule has 184 valence electrons. The van der Waals surface area contributed by atoms with Crippen LogP contribution in [0, 0.1) is 0 Å². The predicted molar refractivity (Wildman–Crippen MR) is 133 cm³/mol. The van der Waals surface area contributed by atoms with Crippen LogP contribution >= 0.6 is 0 Å². The van der Waals surface area contributed by atoms with Crippen molar-refractivity contribution < 1.29 is 15.0 Å². The first kappa shape index (κ1) is 30.1. The van der Waals surface area contributed by atoms with Crippen LogP contribution in [-0.4, -0.2) is 34.9 Å². The predicted octanol–water partition coefficient (Wildman–Crippen LogP) is 6.83. The Bertz CT molecular complexity index is 411. The third-order valence-corrected chi connectivity index (χ3v) is 6.08. The summed E-state index contributed by atoms with van der Waals surface area (Å²) in [6.07, 6.45) is 27.5. The van der Waals surface area contributed by atoms with Gasteiger partial charge in [0.05, 0.1) is 18.8 Å². The standard InChI is InChI=1S/C27H53NO3/c1-3-5-6-7-8-9-10-11-12-13-14-15-16-17-18-19-20-21-22-23-26(30)25(24-29)28-27(31)4-2/h22-23,25-26,29-30H,3-21,24H2,1-2H3,(H,28,31)/b23-22+. The van der Waals surface area contributed by atoms with Gasteiger partial charge in [-0.25, -0.2) is 0 Å². The molecule has 0 fully saturated rings. The summed E-state index contributed by atoms with van der Waals surface area (Å²) in [4.78, 5) is 11.4. The smallest absolute Gasteiger partial charge is 0.220 e. The molecule has 0 aromatic heterocycles. The van der Waals surface area contributed by atoms with Gasteiger partial charge in [0, 0.05) is 6.42 Å².